The summed E-state index contributed by atoms with van der Waals surface area (Å²) in [6, 6.07) is 6.49. The predicted octanol–water partition coefficient (Wildman–Crippen LogP) is 3.02. The molecular formula is C26H29N7O5S. The third-order valence-electron chi connectivity index (χ3n) is 6.76. The molecule has 204 valence electrons. The van der Waals surface area contributed by atoms with Gasteiger partial charge in [-0.2, -0.15) is 0 Å². The van der Waals surface area contributed by atoms with Crippen molar-refractivity contribution in [3.05, 3.63) is 52.7 Å². The lowest BCUT2D eigenvalue weighted by Crippen LogP contribution is -2.48. The van der Waals surface area contributed by atoms with Gasteiger partial charge in [0.05, 0.1) is 24.9 Å². The van der Waals surface area contributed by atoms with Crippen LogP contribution in [0.5, 0.6) is 5.75 Å². The van der Waals surface area contributed by atoms with Crippen LogP contribution in [0.25, 0.3) is 0 Å². The van der Waals surface area contributed by atoms with Gasteiger partial charge in [0.25, 0.3) is 5.91 Å². The van der Waals surface area contributed by atoms with Crippen LogP contribution in [-0.4, -0.2) is 71.1 Å². The summed E-state index contributed by atoms with van der Waals surface area (Å²) in [5.74, 6) is 0.407. The topological polar surface area (TPSA) is 131 Å². The highest BCUT2D eigenvalue weighted by atomic mass is 32.1. The second kappa shape index (κ2) is 10.4. The van der Waals surface area contributed by atoms with Gasteiger partial charge in [-0.3, -0.25) is 15.0 Å². The van der Waals surface area contributed by atoms with Gasteiger partial charge in [-0.15, -0.1) is 11.3 Å². The van der Waals surface area contributed by atoms with E-state index in [9.17, 15) is 9.59 Å². The molecule has 0 aliphatic carbocycles. The number of pyridine rings is 2. The van der Waals surface area contributed by atoms with Crippen LogP contribution in [0.15, 0.2) is 42.0 Å². The molecular weight excluding hydrogens is 522 g/mol. The van der Waals surface area contributed by atoms with Gasteiger partial charge in [0.1, 0.15) is 35.0 Å². The van der Waals surface area contributed by atoms with Crippen LogP contribution in [0.2, 0.25) is 0 Å². The molecule has 0 saturated carbocycles. The van der Waals surface area contributed by atoms with Gasteiger partial charge in [-0.25, -0.2) is 19.7 Å². The van der Waals surface area contributed by atoms with Gasteiger partial charge in [-0.1, -0.05) is 0 Å². The van der Waals surface area contributed by atoms with Crippen molar-refractivity contribution < 1.29 is 23.8 Å². The highest BCUT2D eigenvalue weighted by molar-refractivity contribution is 7.09. The van der Waals surface area contributed by atoms with E-state index in [1.54, 1.807) is 35.5 Å². The molecule has 2 fully saturated rings. The van der Waals surface area contributed by atoms with Crippen molar-refractivity contribution >= 4 is 40.6 Å². The lowest BCUT2D eigenvalue weighted by molar-refractivity contribution is -0.141. The van der Waals surface area contributed by atoms with Gasteiger partial charge in [-0.05, 0) is 38.5 Å². The van der Waals surface area contributed by atoms with E-state index < -0.39 is 5.79 Å². The molecule has 2 saturated heterocycles. The summed E-state index contributed by atoms with van der Waals surface area (Å²) in [4.78, 5) is 43.3. The minimum absolute atomic E-state index is 0.0686. The van der Waals surface area contributed by atoms with E-state index in [2.05, 4.69) is 30.5 Å². The van der Waals surface area contributed by atoms with E-state index in [0.717, 1.165) is 23.7 Å². The molecule has 3 aromatic heterocycles. The molecule has 2 N–H and O–H groups in total. The summed E-state index contributed by atoms with van der Waals surface area (Å²) in [6.07, 6.45) is 3.89. The number of rotatable bonds is 7. The van der Waals surface area contributed by atoms with Crippen molar-refractivity contribution in [3.63, 3.8) is 0 Å². The molecule has 3 aliphatic heterocycles. The largest absolute Gasteiger partial charge is 0.491 e. The minimum Gasteiger partial charge on any atom is -0.491 e. The Balaban J connectivity index is 1.16. The van der Waals surface area contributed by atoms with Crippen LogP contribution < -0.4 is 25.2 Å². The first-order valence-corrected chi connectivity index (χ1v) is 13.7. The van der Waals surface area contributed by atoms with Crippen molar-refractivity contribution in [3.8, 4) is 5.75 Å². The zero-order valence-electron chi connectivity index (χ0n) is 21.6. The quantitative estimate of drug-likeness (QED) is 0.455. The second-order valence-electron chi connectivity index (χ2n) is 9.97. The summed E-state index contributed by atoms with van der Waals surface area (Å²) < 4.78 is 17.2. The Bertz CT molecular complexity index is 1370. The molecule has 0 radical (unpaired) electrons. The highest BCUT2D eigenvalue weighted by Crippen LogP contribution is 2.39. The number of nitrogens with one attached hydrogen (secondary N) is 2. The monoisotopic (exact) mass is 551 g/mol. The van der Waals surface area contributed by atoms with Crippen molar-refractivity contribution in [2.45, 2.75) is 44.7 Å². The van der Waals surface area contributed by atoms with Crippen LogP contribution >= 0.6 is 11.3 Å². The second-order valence-corrected chi connectivity index (χ2v) is 11.0. The number of thiazole rings is 1. The standard InChI is InChI=1S/C26H29N7O5S/c1-26(2)37-15-18(38-26)14-36-17-5-7-27-21(11-17)31-25(35)33-16-6-9-32(13-16)20-4-3-19(30-23(20)33)24(34)29-12-22-28-8-10-39-22/h3-5,7-8,10-11,16,18H,6,9,12-15H2,1-2H3,(H,29,34)(H,27,31,35)/t16-,18-/m0/s1. The fraction of sp³-hybridized carbons (Fsp3) is 0.423. The number of nitrogens with zero attached hydrogens (tertiary/aromatic N) is 5. The SMILES string of the molecule is CC1(C)OC[C@H](COc2ccnc(NC(=O)N3c4nc(C(=O)NCc5nccs5)ccc4N4CC[C@H]3C4)c2)O1. The lowest BCUT2D eigenvalue weighted by atomic mass is 10.1. The molecule has 2 bridgehead atoms. The van der Waals surface area contributed by atoms with Crippen LogP contribution in [0.4, 0.5) is 22.1 Å². The summed E-state index contributed by atoms with van der Waals surface area (Å²) >= 11 is 1.47. The number of anilines is 3. The van der Waals surface area contributed by atoms with Crippen LogP contribution in [-0.2, 0) is 16.0 Å². The van der Waals surface area contributed by atoms with E-state index in [-0.39, 0.29) is 29.8 Å². The van der Waals surface area contributed by atoms with Crippen LogP contribution in [0.1, 0.15) is 35.8 Å². The maximum Gasteiger partial charge on any atom is 0.329 e. The van der Waals surface area contributed by atoms with Gasteiger partial charge >= 0.3 is 6.03 Å². The Kier molecular flexibility index (Phi) is 6.79. The van der Waals surface area contributed by atoms with Gasteiger partial charge in [0.2, 0.25) is 0 Å². The molecule has 3 aromatic rings. The fourth-order valence-electron chi connectivity index (χ4n) is 4.96. The summed E-state index contributed by atoms with van der Waals surface area (Å²) in [5.41, 5.74) is 1.06. The maximum absolute atomic E-state index is 13.6. The Labute approximate surface area is 229 Å². The molecule has 3 amide bonds. The van der Waals surface area contributed by atoms with Gasteiger partial charge < -0.3 is 24.4 Å². The van der Waals surface area contributed by atoms with E-state index in [1.807, 2.05) is 25.3 Å². The molecule has 6 rings (SSSR count). The molecule has 0 aromatic carbocycles. The minimum atomic E-state index is -0.623. The first-order valence-electron chi connectivity index (χ1n) is 12.8. The first kappa shape index (κ1) is 25.5. The number of urea groups is 1. The Morgan fingerprint density at radius 3 is 2.92 bits per heavy atom. The van der Waals surface area contributed by atoms with E-state index in [1.165, 1.54) is 11.3 Å². The molecule has 39 heavy (non-hydrogen) atoms. The van der Waals surface area contributed by atoms with E-state index in [0.29, 0.717) is 43.7 Å². The van der Waals surface area contributed by atoms with Crippen molar-refractivity contribution in [2.75, 3.05) is 41.4 Å². The molecule has 2 atom stereocenters. The van der Waals surface area contributed by atoms with Crippen LogP contribution in [0.3, 0.4) is 0 Å². The molecule has 3 aliphatic rings. The summed E-state index contributed by atoms with van der Waals surface area (Å²) in [6.45, 7) is 6.32. The smallest absolute Gasteiger partial charge is 0.329 e. The van der Waals surface area contributed by atoms with Crippen LogP contribution in [0, 0.1) is 0 Å². The lowest BCUT2D eigenvalue weighted by Gasteiger charge is -2.35. The zero-order chi connectivity index (χ0) is 27.0. The molecule has 0 unspecified atom stereocenters. The number of carbonyl (C=O) groups excluding carboxylic acids is 2. The average Bonchev–Trinajstić information content (AvgIpc) is 3.67. The van der Waals surface area contributed by atoms with Crippen molar-refractivity contribution in [2.24, 2.45) is 0 Å². The van der Waals surface area contributed by atoms with Gasteiger partial charge in [0, 0.05) is 36.9 Å². The maximum atomic E-state index is 13.6. The third kappa shape index (κ3) is 5.51. The molecule has 12 nitrogen and oxygen atoms in total. The zero-order valence-corrected chi connectivity index (χ0v) is 22.4. The number of hydrogen-bond acceptors (Lipinski definition) is 10. The average molecular weight is 552 g/mol. The highest BCUT2D eigenvalue weighted by Gasteiger charge is 2.40. The fourth-order valence-corrected chi connectivity index (χ4v) is 5.51. The van der Waals surface area contributed by atoms with Crippen molar-refractivity contribution in [1.29, 1.82) is 0 Å². The first-order chi connectivity index (χ1) is 18.8. The van der Waals surface area contributed by atoms with E-state index in [4.69, 9.17) is 14.2 Å². The number of hydrogen-bond donors (Lipinski definition) is 2. The van der Waals surface area contributed by atoms with E-state index >= 15 is 0 Å². The Morgan fingerprint density at radius 2 is 2.13 bits per heavy atom. The summed E-state index contributed by atoms with van der Waals surface area (Å²) in [5, 5.41) is 8.39. The number of ether oxygens (including phenoxy) is 3. The molecule has 0 spiro atoms. The number of aromatic nitrogens is 3. The Hall–Kier alpha value is -3.81. The number of carbonyl (C=O) groups is 2. The Morgan fingerprint density at radius 1 is 1.23 bits per heavy atom. The van der Waals surface area contributed by atoms with Crippen molar-refractivity contribution in [1.82, 2.24) is 20.3 Å². The summed E-state index contributed by atoms with van der Waals surface area (Å²) in [7, 11) is 0. The van der Waals surface area contributed by atoms with Gasteiger partial charge in [0.15, 0.2) is 11.6 Å². The normalized spacial score (nSPS) is 21.0. The molecule has 13 heteroatoms. The number of fused-ring (bicyclic) bond motifs is 4. The molecule has 6 heterocycles. The third-order valence-corrected chi connectivity index (χ3v) is 7.54. The predicted molar refractivity (Wildman–Crippen MR) is 144 cm³/mol. The number of amides is 3.